The number of rotatable bonds is 7. The van der Waals surface area contributed by atoms with Crippen molar-refractivity contribution in [3.05, 3.63) is 89.4 Å². The zero-order chi connectivity index (χ0) is 20.9. The van der Waals surface area contributed by atoms with Gasteiger partial charge in [0.25, 0.3) is 0 Å². The Morgan fingerprint density at radius 3 is 2.63 bits per heavy atom. The summed E-state index contributed by atoms with van der Waals surface area (Å²) >= 11 is 0. The number of hydrogen-bond acceptors (Lipinski definition) is 5. The number of benzene rings is 2. The van der Waals surface area contributed by atoms with Crippen molar-refractivity contribution >= 4 is 12.2 Å². The Kier molecular flexibility index (Phi) is 5.70. The number of methoxy groups -OCH3 is 1. The molecule has 4 rings (SSSR count). The smallest absolute Gasteiger partial charge is 0.240 e. The van der Waals surface area contributed by atoms with Crippen LogP contribution in [-0.2, 0) is 12.8 Å². The van der Waals surface area contributed by atoms with E-state index in [0.29, 0.717) is 24.6 Å². The Balaban J connectivity index is 1.43. The largest absolute Gasteiger partial charge is 0.495 e. The first kappa shape index (κ1) is 19.6. The van der Waals surface area contributed by atoms with Gasteiger partial charge < -0.3 is 13.7 Å². The maximum Gasteiger partial charge on any atom is 0.240 e. The lowest BCUT2D eigenvalue weighted by Gasteiger charge is -2.09. The van der Waals surface area contributed by atoms with Crippen LogP contribution < -0.4 is 4.74 Å². The Hall–Kier alpha value is -3.74. The molecule has 0 saturated heterocycles. The third-order valence-corrected chi connectivity index (χ3v) is 4.64. The summed E-state index contributed by atoms with van der Waals surface area (Å²) in [4.78, 5) is 4.26. The Morgan fingerprint density at radius 1 is 1.07 bits per heavy atom. The van der Waals surface area contributed by atoms with Gasteiger partial charge in [0.2, 0.25) is 11.8 Å². The van der Waals surface area contributed by atoms with Crippen LogP contribution in [0.25, 0.3) is 17.8 Å². The molecule has 0 unspecified atom stereocenters. The minimum Gasteiger partial charge on any atom is -0.495 e. The van der Waals surface area contributed by atoms with Crippen LogP contribution in [0.3, 0.4) is 0 Å². The minimum atomic E-state index is -0.242. The molecule has 4 aromatic rings. The van der Waals surface area contributed by atoms with Gasteiger partial charge in [-0.2, -0.15) is 0 Å². The molecular weight excluding hydrogens is 383 g/mol. The van der Waals surface area contributed by atoms with Gasteiger partial charge in [0, 0.05) is 18.7 Å². The highest BCUT2D eigenvalue weighted by Gasteiger charge is 2.07. The zero-order valence-corrected chi connectivity index (χ0v) is 16.7. The SMILES string of the molecule is COc1cc(C=Cc2nnc(CCc3ccc(F)cc3)o2)ccc1-n1cnc(C)c1. The molecule has 0 aliphatic rings. The highest BCUT2D eigenvalue weighted by atomic mass is 19.1. The summed E-state index contributed by atoms with van der Waals surface area (Å²) in [5.74, 6) is 1.47. The molecule has 0 aliphatic carbocycles. The van der Waals surface area contributed by atoms with Gasteiger partial charge in [-0.3, -0.25) is 0 Å². The number of ether oxygens (including phenoxy) is 1. The van der Waals surface area contributed by atoms with Crippen LogP contribution in [-0.4, -0.2) is 26.9 Å². The number of nitrogens with zero attached hydrogens (tertiary/aromatic N) is 4. The molecular formula is C23H21FN4O2. The summed E-state index contributed by atoms with van der Waals surface area (Å²) in [5, 5.41) is 8.13. The van der Waals surface area contributed by atoms with Crippen LogP contribution in [0.2, 0.25) is 0 Å². The standard InChI is InChI=1S/C23H21FN4O2/c1-16-14-28(15-25-16)20-10-5-18(13-21(20)29-2)7-12-23-27-26-22(30-23)11-6-17-3-8-19(24)9-4-17/h3-5,7-10,12-15H,6,11H2,1-2H3. The maximum atomic E-state index is 13.0. The lowest BCUT2D eigenvalue weighted by atomic mass is 10.1. The van der Waals surface area contributed by atoms with Gasteiger partial charge in [0.05, 0.1) is 24.8 Å². The van der Waals surface area contributed by atoms with Gasteiger partial charge in [0.1, 0.15) is 11.6 Å². The number of hydrogen-bond donors (Lipinski definition) is 0. The molecule has 6 nitrogen and oxygen atoms in total. The molecule has 0 spiro atoms. The van der Waals surface area contributed by atoms with E-state index in [0.717, 1.165) is 28.3 Å². The number of imidazole rings is 1. The molecule has 0 atom stereocenters. The molecule has 0 N–H and O–H groups in total. The van der Waals surface area contributed by atoms with Crippen LogP contribution in [0.1, 0.15) is 28.6 Å². The summed E-state index contributed by atoms with van der Waals surface area (Å²) in [6.45, 7) is 1.94. The minimum absolute atomic E-state index is 0.242. The molecule has 2 heterocycles. The van der Waals surface area contributed by atoms with Gasteiger partial charge in [-0.1, -0.05) is 18.2 Å². The maximum absolute atomic E-state index is 13.0. The van der Waals surface area contributed by atoms with E-state index in [1.807, 2.05) is 42.0 Å². The zero-order valence-electron chi connectivity index (χ0n) is 16.7. The van der Waals surface area contributed by atoms with E-state index in [1.54, 1.807) is 31.6 Å². The first-order valence-electron chi connectivity index (χ1n) is 9.54. The van der Waals surface area contributed by atoms with E-state index in [-0.39, 0.29) is 5.82 Å². The Labute approximate surface area is 173 Å². The summed E-state index contributed by atoms with van der Waals surface area (Å²) in [5.41, 5.74) is 3.81. The van der Waals surface area contributed by atoms with Crippen LogP contribution in [0.4, 0.5) is 4.39 Å². The molecule has 0 bridgehead atoms. The Bertz CT molecular complexity index is 1160. The molecule has 2 aromatic heterocycles. The highest BCUT2D eigenvalue weighted by molar-refractivity contribution is 5.68. The Morgan fingerprint density at radius 2 is 1.90 bits per heavy atom. The molecule has 0 fully saturated rings. The van der Waals surface area contributed by atoms with E-state index in [4.69, 9.17) is 9.15 Å². The second kappa shape index (κ2) is 8.73. The fourth-order valence-corrected chi connectivity index (χ4v) is 3.07. The molecule has 152 valence electrons. The van der Waals surface area contributed by atoms with Crippen molar-refractivity contribution in [2.45, 2.75) is 19.8 Å². The van der Waals surface area contributed by atoms with Crippen molar-refractivity contribution in [1.82, 2.24) is 19.7 Å². The quantitative estimate of drug-likeness (QED) is 0.448. The van der Waals surface area contributed by atoms with E-state index >= 15 is 0 Å². The highest BCUT2D eigenvalue weighted by Crippen LogP contribution is 2.25. The van der Waals surface area contributed by atoms with Gasteiger partial charge in [-0.15, -0.1) is 10.2 Å². The van der Waals surface area contributed by atoms with Crippen molar-refractivity contribution in [3.8, 4) is 11.4 Å². The molecule has 0 saturated carbocycles. The number of halogens is 1. The molecule has 0 amide bonds. The topological polar surface area (TPSA) is 66.0 Å². The summed E-state index contributed by atoms with van der Waals surface area (Å²) in [7, 11) is 1.64. The summed E-state index contributed by atoms with van der Waals surface area (Å²) in [6, 6.07) is 12.3. The van der Waals surface area contributed by atoms with Gasteiger partial charge >= 0.3 is 0 Å². The first-order valence-corrected chi connectivity index (χ1v) is 9.54. The summed E-state index contributed by atoms with van der Waals surface area (Å²) < 4.78 is 26.1. The van der Waals surface area contributed by atoms with Crippen molar-refractivity contribution in [2.24, 2.45) is 0 Å². The predicted octanol–water partition coefficient (Wildman–Crippen LogP) is 4.67. The van der Waals surface area contributed by atoms with Crippen molar-refractivity contribution < 1.29 is 13.5 Å². The second-order valence-corrected chi connectivity index (χ2v) is 6.85. The predicted molar refractivity (Wildman–Crippen MR) is 112 cm³/mol. The lowest BCUT2D eigenvalue weighted by molar-refractivity contribution is 0.413. The van der Waals surface area contributed by atoms with E-state index < -0.39 is 0 Å². The normalized spacial score (nSPS) is 11.3. The van der Waals surface area contributed by atoms with Gasteiger partial charge in [-0.05, 0) is 54.8 Å². The lowest BCUT2D eigenvalue weighted by Crippen LogP contribution is -1.95. The van der Waals surface area contributed by atoms with E-state index in [1.165, 1.54) is 12.1 Å². The van der Waals surface area contributed by atoms with Crippen molar-refractivity contribution in [3.63, 3.8) is 0 Å². The van der Waals surface area contributed by atoms with E-state index in [9.17, 15) is 4.39 Å². The second-order valence-electron chi connectivity index (χ2n) is 6.85. The van der Waals surface area contributed by atoms with Crippen LogP contribution in [0.15, 0.2) is 59.4 Å². The van der Waals surface area contributed by atoms with Crippen LogP contribution in [0, 0.1) is 12.7 Å². The van der Waals surface area contributed by atoms with Gasteiger partial charge in [0.15, 0.2) is 0 Å². The fourth-order valence-electron chi connectivity index (χ4n) is 3.07. The molecule has 7 heteroatoms. The summed E-state index contributed by atoms with van der Waals surface area (Å²) in [6.07, 6.45) is 8.66. The molecule has 2 aromatic carbocycles. The molecule has 30 heavy (non-hydrogen) atoms. The third kappa shape index (κ3) is 4.63. The van der Waals surface area contributed by atoms with Crippen LogP contribution in [0.5, 0.6) is 5.75 Å². The average molecular weight is 404 g/mol. The average Bonchev–Trinajstić information content (AvgIpc) is 3.40. The van der Waals surface area contributed by atoms with Crippen molar-refractivity contribution in [2.75, 3.05) is 7.11 Å². The number of aromatic nitrogens is 4. The fraction of sp³-hybridized carbons (Fsp3) is 0.174. The van der Waals surface area contributed by atoms with Gasteiger partial charge in [-0.25, -0.2) is 9.37 Å². The monoisotopic (exact) mass is 404 g/mol. The first-order chi connectivity index (χ1) is 14.6. The van der Waals surface area contributed by atoms with Crippen LogP contribution >= 0.6 is 0 Å². The third-order valence-electron chi connectivity index (χ3n) is 4.64. The molecule has 0 radical (unpaired) electrons. The molecule has 0 aliphatic heterocycles. The number of aryl methyl sites for hydroxylation is 3. The van der Waals surface area contributed by atoms with E-state index in [2.05, 4.69) is 15.2 Å². The van der Waals surface area contributed by atoms with Crippen molar-refractivity contribution in [1.29, 1.82) is 0 Å².